The highest BCUT2D eigenvalue weighted by atomic mass is 16.6. The number of pyridine rings is 1. The monoisotopic (exact) mass is 487 g/mol. The van der Waals surface area contributed by atoms with Gasteiger partial charge in [0.05, 0.1) is 41.4 Å². The van der Waals surface area contributed by atoms with Crippen LogP contribution in [0.15, 0.2) is 30.0 Å². The van der Waals surface area contributed by atoms with Crippen molar-refractivity contribution in [2.24, 2.45) is 17.3 Å². The predicted octanol–water partition coefficient (Wildman–Crippen LogP) is 4.11. The van der Waals surface area contributed by atoms with Crippen LogP contribution in [0.25, 0.3) is 6.08 Å². The van der Waals surface area contributed by atoms with Gasteiger partial charge in [0.1, 0.15) is 11.9 Å². The van der Waals surface area contributed by atoms with Crippen molar-refractivity contribution in [3.05, 3.63) is 35.7 Å². The highest BCUT2D eigenvalue weighted by molar-refractivity contribution is 5.88. The van der Waals surface area contributed by atoms with Crippen molar-refractivity contribution in [1.82, 2.24) is 4.98 Å². The molecule has 2 aliphatic rings. The number of Topliss-reactive ketones (excluding diaryl/α,β-unsaturated/α-hetero) is 1. The summed E-state index contributed by atoms with van der Waals surface area (Å²) in [7, 11) is 0. The van der Waals surface area contributed by atoms with Crippen LogP contribution < -0.4 is 0 Å². The first-order valence-electron chi connectivity index (χ1n) is 12.7. The van der Waals surface area contributed by atoms with Crippen molar-refractivity contribution in [2.45, 2.75) is 104 Å². The Bertz CT molecular complexity index is 929. The molecule has 0 aromatic carbocycles. The topological polar surface area (TPSA) is 109 Å². The average molecular weight is 488 g/mol. The van der Waals surface area contributed by atoms with Crippen LogP contribution in [0.1, 0.15) is 79.3 Å². The van der Waals surface area contributed by atoms with Gasteiger partial charge in [0.15, 0.2) is 0 Å². The predicted molar refractivity (Wildman–Crippen MR) is 133 cm³/mol. The molecular weight excluding hydrogens is 446 g/mol. The third kappa shape index (κ3) is 6.57. The van der Waals surface area contributed by atoms with Gasteiger partial charge in [-0.1, -0.05) is 40.2 Å². The van der Waals surface area contributed by atoms with E-state index >= 15 is 0 Å². The molecule has 2 fully saturated rings. The van der Waals surface area contributed by atoms with E-state index in [1.165, 1.54) is 0 Å². The van der Waals surface area contributed by atoms with Crippen LogP contribution in [-0.2, 0) is 19.1 Å². The maximum atomic E-state index is 13.2. The van der Waals surface area contributed by atoms with Gasteiger partial charge in [0.25, 0.3) is 0 Å². The fourth-order valence-electron chi connectivity index (χ4n) is 5.08. The van der Waals surface area contributed by atoms with E-state index < -0.39 is 35.6 Å². The lowest BCUT2D eigenvalue weighted by Gasteiger charge is -2.34. The zero-order valence-corrected chi connectivity index (χ0v) is 21.9. The maximum absolute atomic E-state index is 13.2. The van der Waals surface area contributed by atoms with Crippen LogP contribution in [0.5, 0.6) is 0 Å². The first-order chi connectivity index (χ1) is 16.3. The molecule has 2 unspecified atom stereocenters. The highest BCUT2D eigenvalue weighted by Gasteiger charge is 2.53. The zero-order valence-electron chi connectivity index (χ0n) is 21.9. The summed E-state index contributed by atoms with van der Waals surface area (Å²) in [5.74, 6) is -1.56. The highest BCUT2D eigenvalue weighted by Crippen LogP contribution is 2.45. The van der Waals surface area contributed by atoms with Crippen LogP contribution in [-0.4, -0.2) is 57.0 Å². The quantitative estimate of drug-likeness (QED) is 0.477. The summed E-state index contributed by atoms with van der Waals surface area (Å²) in [6.07, 6.45) is 3.60. The zero-order chi connectivity index (χ0) is 26.0. The minimum absolute atomic E-state index is 0.0533. The van der Waals surface area contributed by atoms with Crippen molar-refractivity contribution in [2.75, 3.05) is 0 Å². The lowest BCUT2D eigenvalue weighted by Crippen LogP contribution is -2.45. The van der Waals surface area contributed by atoms with Gasteiger partial charge in [0, 0.05) is 18.5 Å². The molecule has 7 heteroatoms. The summed E-state index contributed by atoms with van der Waals surface area (Å²) in [5, 5.41) is 21.7. The molecule has 3 heterocycles. The number of carbonyl (C=O) groups is 2. The number of aliphatic hydroxyl groups excluding tert-OH is 2. The number of esters is 1. The van der Waals surface area contributed by atoms with Crippen LogP contribution in [0.2, 0.25) is 0 Å². The molecule has 0 radical (unpaired) electrons. The van der Waals surface area contributed by atoms with E-state index in [-0.39, 0.29) is 29.8 Å². The summed E-state index contributed by atoms with van der Waals surface area (Å²) >= 11 is 0. The minimum atomic E-state index is -1.23. The first-order valence-corrected chi connectivity index (χ1v) is 12.7. The van der Waals surface area contributed by atoms with E-state index in [1.807, 2.05) is 38.1 Å². The van der Waals surface area contributed by atoms with Crippen LogP contribution in [0.3, 0.4) is 0 Å². The van der Waals surface area contributed by atoms with Gasteiger partial charge >= 0.3 is 5.97 Å². The Balaban J connectivity index is 1.86. The molecule has 7 nitrogen and oxygen atoms in total. The second-order valence-electron chi connectivity index (χ2n) is 11.2. The number of hydrogen-bond donors (Lipinski definition) is 2. The van der Waals surface area contributed by atoms with Crippen LogP contribution in [0.4, 0.5) is 0 Å². The Morgan fingerprint density at radius 1 is 1.17 bits per heavy atom. The number of carbonyl (C=O) groups excluding carboxylic acids is 2. The summed E-state index contributed by atoms with van der Waals surface area (Å²) in [5.41, 5.74) is 0.0933. The van der Waals surface area contributed by atoms with Gasteiger partial charge in [0.2, 0.25) is 0 Å². The van der Waals surface area contributed by atoms with Gasteiger partial charge in [-0.15, -0.1) is 0 Å². The molecule has 35 heavy (non-hydrogen) atoms. The molecule has 3 rings (SSSR count). The Hall–Kier alpha value is -2.09. The Morgan fingerprint density at radius 3 is 2.54 bits per heavy atom. The molecule has 1 aromatic rings. The third-order valence-corrected chi connectivity index (χ3v) is 7.98. The second-order valence-corrected chi connectivity index (χ2v) is 11.2. The molecule has 0 aliphatic carbocycles. The van der Waals surface area contributed by atoms with Gasteiger partial charge in [-0.25, -0.2) is 0 Å². The number of rotatable bonds is 2. The molecule has 0 spiro atoms. The summed E-state index contributed by atoms with van der Waals surface area (Å²) in [6.45, 7) is 10.9. The van der Waals surface area contributed by atoms with Gasteiger partial charge in [-0.05, 0) is 56.4 Å². The Morgan fingerprint density at radius 2 is 1.89 bits per heavy atom. The number of nitrogens with zero attached hydrogens (tertiary/aromatic N) is 1. The average Bonchev–Trinajstić information content (AvgIpc) is 3.45. The number of aromatic nitrogens is 1. The number of epoxide rings is 1. The molecule has 0 amide bonds. The van der Waals surface area contributed by atoms with E-state index in [4.69, 9.17) is 9.47 Å². The number of aliphatic hydroxyl groups is 2. The minimum Gasteiger partial charge on any atom is -0.458 e. The fraction of sp³-hybridized carbons (Fsp3) is 0.679. The molecule has 2 N–H and O–H groups in total. The summed E-state index contributed by atoms with van der Waals surface area (Å²) in [6, 6.07) is 5.62. The molecule has 194 valence electrons. The fourth-order valence-corrected chi connectivity index (χ4v) is 5.08. The Kier molecular flexibility index (Phi) is 8.56. The van der Waals surface area contributed by atoms with Crippen molar-refractivity contribution in [3.8, 4) is 0 Å². The molecule has 0 bridgehead atoms. The number of ether oxygens (including phenoxy) is 2. The molecule has 0 saturated carbocycles. The molecule has 7 atom stereocenters. The van der Waals surface area contributed by atoms with Crippen molar-refractivity contribution in [1.29, 1.82) is 0 Å². The smallest absolute Gasteiger partial charge is 0.309 e. The van der Waals surface area contributed by atoms with E-state index in [0.717, 1.165) is 30.5 Å². The van der Waals surface area contributed by atoms with Crippen LogP contribution in [0, 0.1) is 17.3 Å². The number of hydrogen-bond acceptors (Lipinski definition) is 7. The third-order valence-electron chi connectivity index (χ3n) is 7.98. The van der Waals surface area contributed by atoms with Crippen LogP contribution >= 0.6 is 0 Å². The van der Waals surface area contributed by atoms with E-state index in [2.05, 4.69) is 11.9 Å². The SMILES string of the molecule is CC(=Cc1ccccn1)[C@@H]1C[C@@H]2O[C@]2(C)CCC[C@H](C)[C@H](O)C(C)C(=O)C(C)(C)C(O)CC(=O)O1. The molecular formula is C28H41NO6. The largest absolute Gasteiger partial charge is 0.458 e. The maximum Gasteiger partial charge on any atom is 0.309 e. The van der Waals surface area contributed by atoms with Gasteiger partial charge < -0.3 is 19.7 Å². The molecule has 2 saturated heterocycles. The summed E-state index contributed by atoms with van der Waals surface area (Å²) in [4.78, 5) is 30.5. The van der Waals surface area contributed by atoms with Crippen molar-refractivity contribution < 1.29 is 29.3 Å². The molecule has 1 aromatic heterocycles. The van der Waals surface area contributed by atoms with Crippen molar-refractivity contribution in [3.63, 3.8) is 0 Å². The molecule has 2 aliphatic heterocycles. The Labute approximate surface area is 208 Å². The van der Waals surface area contributed by atoms with Crippen molar-refractivity contribution >= 4 is 17.8 Å². The number of fused-ring (bicyclic) bond motifs is 1. The second kappa shape index (κ2) is 10.9. The van der Waals surface area contributed by atoms with E-state index in [1.54, 1.807) is 27.0 Å². The van der Waals surface area contributed by atoms with Gasteiger partial charge in [-0.3, -0.25) is 14.6 Å². The lowest BCUT2D eigenvalue weighted by molar-refractivity contribution is -0.154. The number of cyclic esters (lactones) is 1. The van der Waals surface area contributed by atoms with E-state index in [0.29, 0.717) is 6.42 Å². The normalized spacial score (nSPS) is 37.3. The summed E-state index contributed by atoms with van der Waals surface area (Å²) < 4.78 is 11.9. The van der Waals surface area contributed by atoms with Gasteiger partial charge in [-0.2, -0.15) is 0 Å². The van der Waals surface area contributed by atoms with E-state index in [9.17, 15) is 19.8 Å². The standard InChI is InChI=1S/C28H41NO6/c1-17-10-9-12-28(6)23(35-28)15-21(18(2)14-20-11-7-8-13-29-20)34-24(31)16-22(30)27(4,5)26(33)19(3)25(17)32/h7-8,11,13-14,17,19,21-23,25,30,32H,9-10,12,15-16H2,1-6H3/t17-,19?,21-,22?,23-,25-,28+/m0/s1. The first kappa shape index (κ1) is 27.5. The number of ketones is 1. The lowest BCUT2D eigenvalue weighted by atomic mass is 9.73.